The largest absolute Gasteiger partial charge is 0.483 e. The van der Waals surface area contributed by atoms with Gasteiger partial charge in [-0.25, -0.2) is 0 Å². The lowest BCUT2D eigenvalue weighted by Crippen LogP contribution is -2.45. The minimum Gasteiger partial charge on any atom is -0.483 e. The summed E-state index contributed by atoms with van der Waals surface area (Å²) in [6.45, 7) is 8.65. The molecule has 30 heavy (non-hydrogen) atoms. The van der Waals surface area contributed by atoms with Crippen molar-refractivity contribution >= 4 is 18.3 Å². The number of esters is 1. The number of amides is 1. The molecule has 1 spiro atoms. The third-order valence-electron chi connectivity index (χ3n) is 6.41. The molecule has 1 aromatic rings. The van der Waals surface area contributed by atoms with Crippen LogP contribution in [-0.2, 0) is 20.9 Å². The average molecular weight is 421 g/mol. The Labute approximate surface area is 177 Å². The third-order valence-corrected chi connectivity index (χ3v) is 6.41. The summed E-state index contributed by atoms with van der Waals surface area (Å²) < 4.78 is 7.50. The number of carbonyl (C=O) groups excluding carboxylic acids is 2. The molecule has 3 saturated heterocycles. The fourth-order valence-corrected chi connectivity index (χ4v) is 4.86. The van der Waals surface area contributed by atoms with Crippen LogP contribution in [0.1, 0.15) is 55.2 Å². The first-order valence-electron chi connectivity index (χ1n) is 10.8. The zero-order valence-corrected chi connectivity index (χ0v) is 17.9. The molecule has 1 amide bonds. The fourth-order valence-electron chi connectivity index (χ4n) is 4.86. The fraction of sp³-hybridized carbons (Fsp3) is 0.714. The van der Waals surface area contributed by atoms with Crippen LogP contribution < -0.4 is 0 Å². The van der Waals surface area contributed by atoms with Crippen LogP contribution in [0.2, 0.25) is 0 Å². The molecule has 1 aromatic heterocycles. The summed E-state index contributed by atoms with van der Waals surface area (Å²) in [5, 5.41) is 11.3. The Kier molecular flexibility index (Phi) is 7.12. The van der Waals surface area contributed by atoms with Crippen LogP contribution in [-0.4, -0.2) is 81.9 Å². The van der Waals surface area contributed by atoms with Gasteiger partial charge in [0.2, 0.25) is 0 Å². The molecule has 3 aliphatic rings. The summed E-state index contributed by atoms with van der Waals surface area (Å²) in [5.74, 6) is -0.0273. The second-order valence-electron chi connectivity index (χ2n) is 8.40. The molecule has 1 atom stereocenters. The molecule has 166 valence electrons. The van der Waals surface area contributed by atoms with Crippen molar-refractivity contribution in [3.63, 3.8) is 0 Å². The van der Waals surface area contributed by atoms with E-state index in [9.17, 15) is 9.59 Å². The Balaban J connectivity index is 0.000000806. The number of hydrogen-bond acceptors (Lipinski definition) is 6. The predicted octanol–water partition coefficient (Wildman–Crippen LogP) is 1.55. The molecule has 0 aromatic carbocycles. The first kappa shape index (κ1) is 22.3. The summed E-state index contributed by atoms with van der Waals surface area (Å²) >= 11 is 0. The molecule has 0 radical (unpaired) electrons. The highest BCUT2D eigenvalue weighted by atomic mass is 16.6. The molecule has 0 aliphatic carbocycles. The Bertz CT molecular complexity index is 763. The molecule has 0 bridgehead atoms. The third kappa shape index (κ3) is 4.66. The predicted molar refractivity (Wildman–Crippen MR) is 109 cm³/mol. The van der Waals surface area contributed by atoms with E-state index < -0.39 is 0 Å². The first-order chi connectivity index (χ1) is 14.4. The Hall–Kier alpha value is -2.42. The summed E-state index contributed by atoms with van der Waals surface area (Å²) in [7, 11) is 0. The summed E-state index contributed by atoms with van der Waals surface area (Å²) in [4.78, 5) is 38.2. The molecule has 0 saturated carbocycles. The van der Waals surface area contributed by atoms with Crippen LogP contribution in [0.15, 0.2) is 6.07 Å². The van der Waals surface area contributed by atoms with E-state index >= 15 is 0 Å². The molecule has 9 nitrogen and oxygen atoms in total. The van der Waals surface area contributed by atoms with E-state index in [0.29, 0.717) is 38.2 Å². The lowest BCUT2D eigenvalue weighted by molar-refractivity contribution is -0.151. The van der Waals surface area contributed by atoms with E-state index in [1.165, 1.54) is 12.8 Å². The molecule has 9 heteroatoms. The van der Waals surface area contributed by atoms with Crippen molar-refractivity contribution in [2.24, 2.45) is 5.41 Å². The van der Waals surface area contributed by atoms with Gasteiger partial charge in [-0.15, -0.1) is 0 Å². The van der Waals surface area contributed by atoms with Gasteiger partial charge in [0, 0.05) is 32.6 Å². The van der Waals surface area contributed by atoms with E-state index in [4.69, 9.17) is 14.6 Å². The van der Waals surface area contributed by atoms with Crippen LogP contribution in [0.5, 0.6) is 0 Å². The maximum Gasteiger partial charge on any atom is 0.312 e. The topological polar surface area (TPSA) is 105 Å². The highest BCUT2D eigenvalue weighted by Gasteiger charge is 2.51. The standard InChI is InChI=1S/C20H30N4O3.CH2O2/c1-3-24-17(12-15(2)21-24)18(25)23-10-6-20(7-11-23)13-16(27-19(20)26)14-22-8-4-5-9-22;2-1-3/h12,16H,3-11,13-14H2,1-2H3;1H,(H,2,3). The molecule has 4 heterocycles. The lowest BCUT2D eigenvalue weighted by Gasteiger charge is -2.36. The quantitative estimate of drug-likeness (QED) is 0.582. The Morgan fingerprint density at radius 2 is 1.93 bits per heavy atom. The van der Waals surface area contributed by atoms with Gasteiger partial charge in [0.25, 0.3) is 12.4 Å². The van der Waals surface area contributed by atoms with E-state index in [2.05, 4.69) is 10.00 Å². The zero-order chi connectivity index (χ0) is 21.7. The van der Waals surface area contributed by atoms with Crippen molar-refractivity contribution in [1.29, 1.82) is 0 Å². The van der Waals surface area contributed by atoms with Crippen LogP contribution in [0.3, 0.4) is 0 Å². The van der Waals surface area contributed by atoms with Gasteiger partial charge in [-0.05, 0) is 58.7 Å². The lowest BCUT2D eigenvalue weighted by atomic mass is 9.76. The molecular weight excluding hydrogens is 388 g/mol. The molecule has 3 fully saturated rings. The Morgan fingerprint density at radius 1 is 1.30 bits per heavy atom. The maximum atomic E-state index is 12.9. The molecule has 1 N–H and O–H groups in total. The van der Waals surface area contributed by atoms with Gasteiger partial charge in [0.15, 0.2) is 0 Å². The average Bonchev–Trinajstić information content (AvgIpc) is 3.43. The van der Waals surface area contributed by atoms with Crippen molar-refractivity contribution in [2.75, 3.05) is 32.7 Å². The van der Waals surface area contributed by atoms with Crippen LogP contribution >= 0.6 is 0 Å². The number of aryl methyl sites for hydroxylation is 2. The number of rotatable bonds is 4. The number of carbonyl (C=O) groups is 3. The SMILES string of the molecule is CCn1nc(C)cc1C(=O)N1CCC2(CC1)CC(CN1CCCC1)OC2=O.O=CO. The van der Waals surface area contributed by atoms with Crippen LogP contribution in [0.4, 0.5) is 0 Å². The van der Waals surface area contributed by atoms with Gasteiger partial charge >= 0.3 is 5.97 Å². The van der Waals surface area contributed by atoms with Crippen molar-refractivity contribution in [1.82, 2.24) is 19.6 Å². The normalized spacial score (nSPS) is 23.2. The second-order valence-corrected chi connectivity index (χ2v) is 8.40. The number of aromatic nitrogens is 2. The summed E-state index contributed by atoms with van der Waals surface area (Å²) in [6, 6.07) is 1.85. The van der Waals surface area contributed by atoms with E-state index in [-0.39, 0.29) is 29.9 Å². The van der Waals surface area contributed by atoms with Crippen molar-refractivity contribution < 1.29 is 24.2 Å². The number of nitrogens with zero attached hydrogens (tertiary/aromatic N) is 4. The number of cyclic esters (lactones) is 1. The molecule has 1 unspecified atom stereocenters. The van der Waals surface area contributed by atoms with Crippen molar-refractivity contribution in [3.8, 4) is 0 Å². The summed E-state index contributed by atoms with van der Waals surface area (Å²) in [6.07, 6.45) is 4.71. The van der Waals surface area contributed by atoms with E-state index in [1.54, 1.807) is 4.68 Å². The van der Waals surface area contributed by atoms with E-state index in [1.807, 2.05) is 24.8 Å². The van der Waals surface area contributed by atoms with Gasteiger partial charge in [0.05, 0.1) is 11.1 Å². The van der Waals surface area contributed by atoms with Gasteiger partial charge in [-0.2, -0.15) is 5.10 Å². The molecule has 3 aliphatic heterocycles. The Morgan fingerprint density at radius 3 is 2.53 bits per heavy atom. The summed E-state index contributed by atoms with van der Waals surface area (Å²) in [5.41, 5.74) is 1.12. The van der Waals surface area contributed by atoms with Gasteiger partial charge in [0.1, 0.15) is 11.8 Å². The first-order valence-corrected chi connectivity index (χ1v) is 10.8. The van der Waals surface area contributed by atoms with Crippen molar-refractivity contribution in [2.45, 2.75) is 58.6 Å². The highest BCUT2D eigenvalue weighted by Crippen LogP contribution is 2.43. The number of likely N-dealkylation sites (tertiary alicyclic amines) is 2. The zero-order valence-electron chi connectivity index (χ0n) is 17.9. The molecular formula is C21H32N4O5. The number of ether oxygens (including phenoxy) is 1. The second kappa shape index (κ2) is 9.59. The maximum absolute atomic E-state index is 12.9. The van der Waals surface area contributed by atoms with Crippen LogP contribution in [0, 0.1) is 12.3 Å². The monoisotopic (exact) mass is 420 g/mol. The van der Waals surface area contributed by atoms with Gasteiger partial charge in [-0.1, -0.05) is 0 Å². The minimum atomic E-state index is -0.387. The molecule has 4 rings (SSSR count). The van der Waals surface area contributed by atoms with Gasteiger partial charge in [-0.3, -0.25) is 24.0 Å². The van der Waals surface area contributed by atoms with Crippen molar-refractivity contribution in [3.05, 3.63) is 17.5 Å². The smallest absolute Gasteiger partial charge is 0.312 e. The highest BCUT2D eigenvalue weighted by molar-refractivity contribution is 5.93. The number of carboxylic acid groups (broad SMARTS) is 1. The van der Waals surface area contributed by atoms with E-state index in [0.717, 1.165) is 31.7 Å². The van der Waals surface area contributed by atoms with Crippen LogP contribution in [0.25, 0.3) is 0 Å². The number of hydrogen-bond donors (Lipinski definition) is 1. The van der Waals surface area contributed by atoms with Gasteiger partial charge < -0.3 is 14.7 Å². The number of piperidine rings is 1. The minimum absolute atomic E-state index is 0.0158.